The van der Waals surface area contributed by atoms with Crippen molar-refractivity contribution in [3.63, 3.8) is 0 Å². The van der Waals surface area contributed by atoms with Gasteiger partial charge in [0.1, 0.15) is 0 Å². The number of nitrogens with one attached hydrogen (secondary N) is 1. The fourth-order valence-electron chi connectivity index (χ4n) is 2.30. The van der Waals surface area contributed by atoms with Gasteiger partial charge in [-0.15, -0.1) is 0 Å². The Balaban J connectivity index is 2.25. The quantitative estimate of drug-likeness (QED) is 0.860. The molecule has 0 atom stereocenters. The molecule has 0 saturated heterocycles. The van der Waals surface area contributed by atoms with Crippen molar-refractivity contribution in [1.82, 2.24) is 0 Å². The second-order valence-corrected chi connectivity index (χ2v) is 7.55. The average Bonchev–Trinajstić information content (AvgIpc) is 2.53. The summed E-state index contributed by atoms with van der Waals surface area (Å²) in [5.41, 5.74) is 3.22. The van der Waals surface area contributed by atoms with E-state index in [9.17, 15) is 17.2 Å². The standard InChI is InChI=1S/C17H20F2N2O2S/c1-12-10-14(21(2)3)9-8-13(12)11-20-15-6-4-5-7-16(15)24(22,23)17(18)19/h4-10,17,20H,11H2,1-3H3. The zero-order valence-corrected chi connectivity index (χ0v) is 14.6. The predicted molar refractivity (Wildman–Crippen MR) is 92.5 cm³/mol. The minimum atomic E-state index is -4.64. The second-order valence-electron chi connectivity index (χ2n) is 5.66. The van der Waals surface area contributed by atoms with Gasteiger partial charge in [0, 0.05) is 26.3 Å². The molecule has 0 spiro atoms. The van der Waals surface area contributed by atoms with Crippen LogP contribution in [-0.2, 0) is 16.4 Å². The summed E-state index contributed by atoms with van der Waals surface area (Å²) in [5.74, 6) is -3.44. The summed E-state index contributed by atoms with van der Waals surface area (Å²) < 4.78 is 49.1. The zero-order chi connectivity index (χ0) is 17.9. The van der Waals surface area contributed by atoms with Crippen LogP contribution in [0.3, 0.4) is 0 Å². The van der Waals surface area contributed by atoms with E-state index in [1.165, 1.54) is 18.2 Å². The Bertz CT molecular complexity index is 821. The highest BCUT2D eigenvalue weighted by atomic mass is 32.2. The summed E-state index contributed by atoms with van der Waals surface area (Å²) in [6.07, 6.45) is 0. The molecular formula is C17H20F2N2O2S. The molecule has 2 aromatic carbocycles. The van der Waals surface area contributed by atoms with E-state index in [-0.39, 0.29) is 10.6 Å². The minimum Gasteiger partial charge on any atom is -0.380 e. The van der Waals surface area contributed by atoms with Gasteiger partial charge in [-0.3, -0.25) is 0 Å². The van der Waals surface area contributed by atoms with Gasteiger partial charge in [-0.2, -0.15) is 8.78 Å². The number of hydrogen-bond donors (Lipinski definition) is 1. The molecule has 0 radical (unpaired) electrons. The lowest BCUT2D eigenvalue weighted by Crippen LogP contribution is -2.14. The normalized spacial score (nSPS) is 11.6. The van der Waals surface area contributed by atoms with Gasteiger partial charge in [0.15, 0.2) is 0 Å². The van der Waals surface area contributed by atoms with E-state index >= 15 is 0 Å². The molecule has 0 saturated carbocycles. The number of aryl methyl sites for hydroxylation is 1. The SMILES string of the molecule is Cc1cc(N(C)C)ccc1CNc1ccccc1S(=O)(=O)C(F)F. The first-order chi connectivity index (χ1) is 11.2. The third kappa shape index (κ3) is 3.84. The lowest BCUT2D eigenvalue weighted by Gasteiger charge is -2.16. The van der Waals surface area contributed by atoms with Crippen LogP contribution < -0.4 is 10.2 Å². The van der Waals surface area contributed by atoms with Crippen LogP contribution in [0.4, 0.5) is 20.2 Å². The van der Waals surface area contributed by atoms with Crippen molar-refractivity contribution in [1.29, 1.82) is 0 Å². The molecule has 0 aliphatic carbocycles. The number of sulfone groups is 1. The highest BCUT2D eigenvalue weighted by Crippen LogP contribution is 2.27. The van der Waals surface area contributed by atoms with Crippen LogP contribution in [0.25, 0.3) is 0 Å². The molecule has 4 nitrogen and oxygen atoms in total. The van der Waals surface area contributed by atoms with Crippen molar-refractivity contribution in [2.45, 2.75) is 24.1 Å². The highest BCUT2D eigenvalue weighted by molar-refractivity contribution is 7.91. The minimum absolute atomic E-state index is 0.175. The molecule has 0 amide bonds. The van der Waals surface area contributed by atoms with E-state index in [2.05, 4.69) is 5.32 Å². The highest BCUT2D eigenvalue weighted by Gasteiger charge is 2.28. The lowest BCUT2D eigenvalue weighted by atomic mass is 10.1. The lowest BCUT2D eigenvalue weighted by molar-refractivity contribution is 0.235. The number of hydrogen-bond acceptors (Lipinski definition) is 4. The van der Waals surface area contributed by atoms with Gasteiger partial charge in [-0.05, 0) is 42.3 Å². The molecule has 7 heteroatoms. The maximum atomic E-state index is 12.8. The molecule has 0 aliphatic heterocycles. The Morgan fingerprint density at radius 1 is 1.12 bits per heavy atom. The summed E-state index contributed by atoms with van der Waals surface area (Å²) in [6, 6.07) is 11.6. The third-order valence-corrected chi connectivity index (χ3v) is 5.18. The van der Waals surface area contributed by atoms with Gasteiger partial charge in [-0.1, -0.05) is 18.2 Å². The van der Waals surface area contributed by atoms with Gasteiger partial charge in [0.05, 0.1) is 10.6 Å². The second kappa shape index (κ2) is 7.17. The molecule has 0 fully saturated rings. The van der Waals surface area contributed by atoms with E-state index in [1.807, 2.05) is 44.1 Å². The van der Waals surface area contributed by atoms with E-state index in [1.54, 1.807) is 6.07 Å². The molecular weight excluding hydrogens is 334 g/mol. The Morgan fingerprint density at radius 2 is 1.79 bits per heavy atom. The fraction of sp³-hybridized carbons (Fsp3) is 0.294. The summed E-state index contributed by atoms with van der Waals surface area (Å²) >= 11 is 0. The van der Waals surface area contributed by atoms with Crippen LogP contribution in [0.1, 0.15) is 11.1 Å². The van der Waals surface area contributed by atoms with Gasteiger partial charge < -0.3 is 10.2 Å². The molecule has 0 heterocycles. The number of halogens is 2. The smallest absolute Gasteiger partial charge is 0.341 e. The van der Waals surface area contributed by atoms with Crippen LogP contribution in [0.5, 0.6) is 0 Å². The van der Waals surface area contributed by atoms with Crippen molar-refractivity contribution < 1.29 is 17.2 Å². The number of anilines is 2. The van der Waals surface area contributed by atoms with E-state index in [4.69, 9.17) is 0 Å². The van der Waals surface area contributed by atoms with Crippen LogP contribution in [0.2, 0.25) is 0 Å². The summed E-state index contributed by atoms with van der Waals surface area (Å²) in [5, 5.41) is 2.95. The first-order valence-electron chi connectivity index (χ1n) is 7.35. The van der Waals surface area contributed by atoms with Gasteiger partial charge >= 0.3 is 5.76 Å². The van der Waals surface area contributed by atoms with E-state index in [0.29, 0.717) is 6.54 Å². The molecule has 0 aromatic heterocycles. The van der Waals surface area contributed by atoms with Crippen LogP contribution in [0.15, 0.2) is 47.4 Å². The van der Waals surface area contributed by atoms with E-state index in [0.717, 1.165) is 16.8 Å². The average molecular weight is 354 g/mol. The topological polar surface area (TPSA) is 49.4 Å². The maximum absolute atomic E-state index is 12.8. The monoisotopic (exact) mass is 354 g/mol. The zero-order valence-electron chi connectivity index (χ0n) is 13.8. The molecule has 0 unspecified atom stereocenters. The molecule has 24 heavy (non-hydrogen) atoms. The fourth-order valence-corrected chi connectivity index (χ4v) is 3.21. The molecule has 0 bridgehead atoms. The van der Waals surface area contributed by atoms with Crippen molar-refractivity contribution in [2.75, 3.05) is 24.3 Å². The van der Waals surface area contributed by atoms with Crippen molar-refractivity contribution in [2.24, 2.45) is 0 Å². The van der Waals surface area contributed by atoms with Gasteiger partial charge in [0.25, 0.3) is 0 Å². The summed E-state index contributed by atoms with van der Waals surface area (Å²) in [7, 11) is -0.757. The van der Waals surface area contributed by atoms with Crippen LogP contribution in [-0.4, -0.2) is 28.3 Å². The number of benzene rings is 2. The summed E-state index contributed by atoms with van der Waals surface area (Å²) in [6.45, 7) is 2.29. The molecule has 130 valence electrons. The number of alkyl halides is 2. The van der Waals surface area contributed by atoms with Crippen molar-refractivity contribution in [3.8, 4) is 0 Å². The van der Waals surface area contributed by atoms with Crippen molar-refractivity contribution in [3.05, 3.63) is 53.6 Å². The van der Waals surface area contributed by atoms with Crippen LogP contribution in [0, 0.1) is 6.92 Å². The largest absolute Gasteiger partial charge is 0.380 e. The summed E-state index contributed by atoms with van der Waals surface area (Å²) in [4.78, 5) is 1.59. The molecule has 0 aliphatic rings. The van der Waals surface area contributed by atoms with Gasteiger partial charge in [0.2, 0.25) is 9.84 Å². The first kappa shape index (κ1) is 18.2. The number of rotatable bonds is 6. The number of nitrogens with zero attached hydrogens (tertiary/aromatic N) is 1. The Hall–Kier alpha value is -2.15. The Morgan fingerprint density at radius 3 is 2.38 bits per heavy atom. The molecule has 2 aromatic rings. The van der Waals surface area contributed by atoms with Gasteiger partial charge in [-0.25, -0.2) is 8.42 Å². The Labute approximate surface area is 141 Å². The van der Waals surface area contributed by atoms with E-state index < -0.39 is 15.6 Å². The predicted octanol–water partition coefficient (Wildman–Crippen LogP) is 3.67. The first-order valence-corrected chi connectivity index (χ1v) is 8.90. The molecule has 1 N–H and O–H groups in total. The number of para-hydroxylation sites is 1. The van der Waals surface area contributed by atoms with Crippen LogP contribution >= 0.6 is 0 Å². The third-order valence-electron chi connectivity index (χ3n) is 3.74. The Kier molecular flexibility index (Phi) is 5.43. The molecule has 2 rings (SSSR count). The van der Waals surface area contributed by atoms with Crippen molar-refractivity contribution >= 4 is 21.2 Å². The maximum Gasteiger partial charge on any atom is 0.341 e.